The maximum absolute atomic E-state index is 13.0. The van der Waals surface area contributed by atoms with Gasteiger partial charge in [-0.25, -0.2) is 9.78 Å². The SMILES string of the molecule is CO/N=C(\C(=O)N[C@@H]1C(=O)N2C(C(=O)O)=C(/C=C3\CCN(C4CC4)C3=O)CS[C@H]12)c1csc(N)n1. The molecule has 4 heterocycles. The number of likely N-dealkylation sites (tertiary alicyclic amines) is 1. The number of fused-ring (bicyclic) bond motifs is 1. The number of amides is 3. The number of aliphatic carboxylic acids is 1. The average molecular weight is 519 g/mol. The molecule has 1 aliphatic carbocycles. The highest BCUT2D eigenvalue weighted by Crippen LogP contribution is 2.41. The van der Waals surface area contributed by atoms with E-state index in [1.54, 1.807) is 6.08 Å². The Bertz CT molecular complexity index is 1220. The Hall–Kier alpha value is -3.39. The van der Waals surface area contributed by atoms with Crippen molar-refractivity contribution in [1.82, 2.24) is 20.1 Å². The molecule has 0 unspecified atom stereocenters. The normalized spacial score (nSPS) is 25.6. The van der Waals surface area contributed by atoms with Crippen LogP contribution in [0.4, 0.5) is 5.13 Å². The number of hydrogen-bond acceptors (Lipinski definition) is 10. The summed E-state index contributed by atoms with van der Waals surface area (Å²) >= 11 is 2.44. The molecule has 3 aliphatic heterocycles. The van der Waals surface area contributed by atoms with E-state index in [1.807, 2.05) is 4.90 Å². The van der Waals surface area contributed by atoms with Gasteiger partial charge in [0.1, 0.15) is 29.9 Å². The number of carbonyl (C=O) groups is 4. The number of nitrogens with one attached hydrogen (secondary N) is 1. The highest BCUT2D eigenvalue weighted by Gasteiger charge is 2.54. The van der Waals surface area contributed by atoms with Gasteiger partial charge >= 0.3 is 5.97 Å². The van der Waals surface area contributed by atoms with Crippen LogP contribution in [0, 0.1) is 0 Å². The van der Waals surface area contributed by atoms with E-state index in [1.165, 1.54) is 29.2 Å². The van der Waals surface area contributed by atoms with Crippen molar-refractivity contribution in [3.05, 3.63) is 34.0 Å². The van der Waals surface area contributed by atoms with Crippen LogP contribution >= 0.6 is 23.1 Å². The second-order valence-corrected chi connectivity index (χ2v) is 10.4. The Kier molecular flexibility index (Phi) is 6.01. The number of nitrogens with zero attached hydrogens (tertiary/aromatic N) is 4. The number of aromatic nitrogens is 1. The molecule has 12 nitrogen and oxygen atoms in total. The number of thiazole rings is 1. The molecule has 3 amide bonds. The van der Waals surface area contributed by atoms with Gasteiger partial charge in [0.05, 0.1) is 0 Å². The molecule has 4 N–H and O–H groups in total. The van der Waals surface area contributed by atoms with Crippen molar-refractivity contribution in [3.63, 3.8) is 0 Å². The molecular formula is C21H22N6O6S2. The second-order valence-electron chi connectivity index (χ2n) is 8.38. The quantitative estimate of drug-likeness (QED) is 0.197. The molecular weight excluding hydrogens is 496 g/mol. The van der Waals surface area contributed by atoms with Crippen molar-refractivity contribution in [2.45, 2.75) is 36.7 Å². The first kappa shape index (κ1) is 23.4. The fourth-order valence-electron chi connectivity index (χ4n) is 4.37. The minimum atomic E-state index is -1.26. The van der Waals surface area contributed by atoms with Gasteiger partial charge in [-0.05, 0) is 30.9 Å². The first-order valence-electron chi connectivity index (χ1n) is 10.9. The zero-order valence-electron chi connectivity index (χ0n) is 18.6. The summed E-state index contributed by atoms with van der Waals surface area (Å²) in [7, 11) is 1.27. The van der Waals surface area contributed by atoms with Gasteiger partial charge in [-0.15, -0.1) is 23.1 Å². The molecule has 1 aromatic rings. The summed E-state index contributed by atoms with van der Waals surface area (Å²) in [5.74, 6) is -2.30. The van der Waals surface area contributed by atoms with Crippen LogP contribution in [0.1, 0.15) is 25.0 Å². The van der Waals surface area contributed by atoms with Gasteiger partial charge in [0.25, 0.3) is 11.8 Å². The Balaban J connectivity index is 1.35. The lowest BCUT2D eigenvalue weighted by atomic mass is 10.0. The van der Waals surface area contributed by atoms with Gasteiger partial charge in [-0.2, -0.15) is 0 Å². The second kappa shape index (κ2) is 9.00. The van der Waals surface area contributed by atoms with Gasteiger partial charge in [0.2, 0.25) is 5.91 Å². The van der Waals surface area contributed by atoms with Crippen molar-refractivity contribution < 1.29 is 29.1 Å². The maximum atomic E-state index is 13.0. The molecule has 14 heteroatoms. The molecule has 1 aromatic heterocycles. The van der Waals surface area contributed by atoms with Crippen LogP contribution in [0.2, 0.25) is 0 Å². The number of hydrogen-bond donors (Lipinski definition) is 3. The lowest BCUT2D eigenvalue weighted by Crippen LogP contribution is -2.71. The van der Waals surface area contributed by atoms with Gasteiger partial charge in [-0.3, -0.25) is 19.3 Å². The molecule has 2 saturated heterocycles. The molecule has 35 heavy (non-hydrogen) atoms. The summed E-state index contributed by atoms with van der Waals surface area (Å²) in [4.78, 5) is 62.4. The molecule has 4 aliphatic rings. The Morgan fingerprint density at radius 2 is 2.14 bits per heavy atom. The fraction of sp³-hybridized carbons (Fsp3) is 0.429. The van der Waals surface area contributed by atoms with Crippen LogP contribution in [0.3, 0.4) is 0 Å². The number of thioether (sulfide) groups is 1. The van der Waals surface area contributed by atoms with Crippen molar-refractivity contribution in [2.75, 3.05) is 25.1 Å². The zero-order valence-corrected chi connectivity index (χ0v) is 20.2. The van der Waals surface area contributed by atoms with E-state index in [0.29, 0.717) is 30.2 Å². The minimum Gasteiger partial charge on any atom is -0.477 e. The van der Waals surface area contributed by atoms with E-state index in [0.717, 1.165) is 24.2 Å². The highest BCUT2D eigenvalue weighted by molar-refractivity contribution is 8.00. The van der Waals surface area contributed by atoms with Crippen LogP contribution in [0.5, 0.6) is 0 Å². The first-order chi connectivity index (χ1) is 16.8. The van der Waals surface area contributed by atoms with E-state index in [-0.39, 0.29) is 33.9 Å². The van der Waals surface area contributed by atoms with E-state index in [2.05, 4.69) is 15.5 Å². The van der Waals surface area contributed by atoms with Gasteiger partial charge in [0.15, 0.2) is 10.8 Å². The van der Waals surface area contributed by atoms with Crippen LogP contribution in [0.15, 0.2) is 33.5 Å². The van der Waals surface area contributed by atoms with E-state index < -0.39 is 29.2 Å². The molecule has 3 fully saturated rings. The van der Waals surface area contributed by atoms with Crippen LogP contribution < -0.4 is 11.1 Å². The van der Waals surface area contributed by atoms with Crippen molar-refractivity contribution in [2.24, 2.45) is 5.16 Å². The highest BCUT2D eigenvalue weighted by atomic mass is 32.2. The molecule has 0 spiro atoms. The average Bonchev–Trinajstić information content (AvgIpc) is 3.48. The summed E-state index contributed by atoms with van der Waals surface area (Å²) in [6.45, 7) is 0.632. The Labute approximate surface area is 207 Å². The first-order valence-corrected chi connectivity index (χ1v) is 12.8. The van der Waals surface area contributed by atoms with Gasteiger partial charge in [-0.1, -0.05) is 5.16 Å². The lowest BCUT2D eigenvalue weighted by molar-refractivity contribution is -0.150. The molecule has 2 atom stereocenters. The number of carboxylic acid groups (broad SMARTS) is 1. The standard InChI is InChI=1S/C21H22N6O6S2/c1-33-25-13(12-8-35-21(22)23-12)16(28)24-14-18(30)27-15(20(31)32)10(7-34-19(14)27)6-9-4-5-26(17(9)29)11-2-3-11/h6,8,11,14,19H,2-5,7H2,1H3,(H2,22,23)(H,24,28)(H,31,32)/b9-6+,25-13-/t14-,19-/m1/s1. The van der Waals surface area contributed by atoms with Crippen molar-refractivity contribution in [1.29, 1.82) is 0 Å². The van der Waals surface area contributed by atoms with Crippen LogP contribution in [0.25, 0.3) is 0 Å². The van der Waals surface area contributed by atoms with Crippen molar-refractivity contribution >= 4 is 57.6 Å². The molecule has 184 valence electrons. The van der Waals surface area contributed by atoms with E-state index >= 15 is 0 Å². The molecule has 0 bridgehead atoms. The third-order valence-corrected chi connectivity index (χ3v) is 8.12. The van der Waals surface area contributed by atoms with E-state index in [9.17, 15) is 24.3 Å². The molecule has 0 radical (unpaired) electrons. The summed E-state index contributed by atoms with van der Waals surface area (Å²) in [6.07, 6.45) is 4.17. The smallest absolute Gasteiger partial charge is 0.352 e. The third-order valence-electron chi connectivity index (χ3n) is 6.14. The van der Waals surface area contributed by atoms with Crippen LogP contribution in [-0.2, 0) is 24.0 Å². The Morgan fingerprint density at radius 3 is 2.77 bits per heavy atom. The number of nitrogen functional groups attached to an aromatic ring is 1. The van der Waals surface area contributed by atoms with Crippen LogP contribution in [-0.4, -0.2) is 86.2 Å². The Morgan fingerprint density at radius 1 is 1.37 bits per heavy atom. The molecule has 5 rings (SSSR count). The largest absolute Gasteiger partial charge is 0.477 e. The summed E-state index contributed by atoms with van der Waals surface area (Å²) in [6, 6.07) is -0.660. The van der Waals surface area contributed by atoms with Crippen molar-refractivity contribution in [3.8, 4) is 0 Å². The monoisotopic (exact) mass is 518 g/mol. The van der Waals surface area contributed by atoms with E-state index in [4.69, 9.17) is 10.6 Å². The molecule has 1 saturated carbocycles. The number of oxime groups is 1. The summed E-state index contributed by atoms with van der Waals surface area (Å²) in [5, 5.41) is 17.4. The number of carboxylic acids is 1. The van der Waals surface area contributed by atoms with Gasteiger partial charge < -0.3 is 25.9 Å². The molecule has 0 aromatic carbocycles. The summed E-state index contributed by atoms with van der Waals surface area (Å²) in [5.41, 5.74) is 6.51. The number of carbonyl (C=O) groups excluding carboxylic acids is 3. The minimum absolute atomic E-state index is 0.0652. The number of nitrogens with two attached hydrogens (primary N) is 1. The van der Waals surface area contributed by atoms with Gasteiger partial charge in [0, 0.05) is 29.3 Å². The predicted octanol–water partition coefficient (Wildman–Crippen LogP) is 0.136. The predicted molar refractivity (Wildman–Crippen MR) is 127 cm³/mol. The summed E-state index contributed by atoms with van der Waals surface area (Å²) < 4.78 is 0. The lowest BCUT2D eigenvalue weighted by Gasteiger charge is -2.49. The number of anilines is 1. The number of β-lactam (4-membered cyclic amide) rings is 1. The topological polar surface area (TPSA) is 168 Å². The third kappa shape index (κ3) is 4.16. The fourth-order valence-corrected chi connectivity index (χ4v) is 6.22. The number of allylic oxidation sites excluding steroid dienone is 1. The number of rotatable bonds is 7. The maximum Gasteiger partial charge on any atom is 0.352 e. The zero-order chi connectivity index (χ0) is 24.9.